The first-order valence-corrected chi connectivity index (χ1v) is 10.4. The number of hydrogen-bond donors (Lipinski definition) is 0. The molecule has 0 bridgehead atoms. The summed E-state index contributed by atoms with van der Waals surface area (Å²) in [4.78, 5) is 28.6. The van der Waals surface area contributed by atoms with Crippen molar-refractivity contribution in [3.8, 4) is 0 Å². The van der Waals surface area contributed by atoms with E-state index in [2.05, 4.69) is 10.1 Å². The highest BCUT2D eigenvalue weighted by Gasteiger charge is 2.12. The SMILES string of the molecule is Cc1cc(=O)n2nc(COC(=O)c3ccc(CS(C)(=O)=O)cc3)sc2n1. The number of benzene rings is 1. The van der Waals surface area contributed by atoms with E-state index in [1.165, 1.54) is 34.1 Å². The van der Waals surface area contributed by atoms with Gasteiger partial charge in [-0.2, -0.15) is 9.61 Å². The minimum absolute atomic E-state index is 0.0869. The predicted octanol–water partition coefficient (Wildman–Crippen LogP) is 1.36. The van der Waals surface area contributed by atoms with E-state index in [1.54, 1.807) is 19.1 Å². The van der Waals surface area contributed by atoms with Crippen molar-refractivity contribution in [2.45, 2.75) is 19.3 Å². The summed E-state index contributed by atoms with van der Waals surface area (Å²) in [5.74, 6) is -0.651. The van der Waals surface area contributed by atoms with Crippen LogP contribution in [0.5, 0.6) is 0 Å². The van der Waals surface area contributed by atoms with Crippen LogP contribution < -0.4 is 5.56 Å². The number of nitrogens with zero attached hydrogens (tertiary/aromatic N) is 3. The lowest BCUT2D eigenvalue weighted by Gasteiger charge is -2.04. The third-order valence-corrected chi connectivity index (χ3v) is 5.10. The van der Waals surface area contributed by atoms with Crippen LogP contribution in [0.3, 0.4) is 0 Å². The Labute approximate surface area is 153 Å². The maximum atomic E-state index is 12.1. The van der Waals surface area contributed by atoms with Gasteiger partial charge in [-0.1, -0.05) is 23.5 Å². The first-order valence-electron chi connectivity index (χ1n) is 7.51. The van der Waals surface area contributed by atoms with Crippen LogP contribution in [0.4, 0.5) is 0 Å². The zero-order valence-corrected chi connectivity index (χ0v) is 15.6. The van der Waals surface area contributed by atoms with Gasteiger partial charge < -0.3 is 4.74 Å². The van der Waals surface area contributed by atoms with Crippen LogP contribution in [0.2, 0.25) is 0 Å². The number of rotatable bonds is 5. The Kier molecular flexibility index (Phi) is 4.88. The highest BCUT2D eigenvalue weighted by atomic mass is 32.2. The van der Waals surface area contributed by atoms with E-state index in [-0.39, 0.29) is 17.9 Å². The fraction of sp³-hybridized carbons (Fsp3) is 0.250. The van der Waals surface area contributed by atoms with Crippen molar-refractivity contribution in [2.24, 2.45) is 0 Å². The summed E-state index contributed by atoms with van der Waals surface area (Å²) in [6.07, 6.45) is 1.15. The lowest BCUT2D eigenvalue weighted by molar-refractivity contribution is 0.0471. The van der Waals surface area contributed by atoms with Crippen molar-refractivity contribution >= 4 is 32.1 Å². The van der Waals surface area contributed by atoms with Crippen LogP contribution in [0.25, 0.3) is 4.96 Å². The van der Waals surface area contributed by atoms with Crippen molar-refractivity contribution < 1.29 is 17.9 Å². The van der Waals surface area contributed by atoms with E-state index in [0.29, 0.717) is 26.8 Å². The van der Waals surface area contributed by atoms with E-state index in [4.69, 9.17) is 4.74 Å². The minimum atomic E-state index is -3.13. The third kappa shape index (κ3) is 4.33. The van der Waals surface area contributed by atoms with E-state index >= 15 is 0 Å². The molecule has 0 saturated carbocycles. The molecule has 3 aromatic rings. The second kappa shape index (κ2) is 6.96. The molecule has 26 heavy (non-hydrogen) atoms. The molecule has 8 nitrogen and oxygen atoms in total. The van der Waals surface area contributed by atoms with Gasteiger partial charge in [0.1, 0.15) is 6.61 Å². The molecule has 0 aliphatic carbocycles. The van der Waals surface area contributed by atoms with Crippen molar-refractivity contribution in [3.05, 3.63) is 62.5 Å². The zero-order chi connectivity index (χ0) is 18.9. The van der Waals surface area contributed by atoms with Crippen molar-refractivity contribution in [1.29, 1.82) is 0 Å². The molecule has 0 N–H and O–H groups in total. The predicted molar refractivity (Wildman–Crippen MR) is 96.0 cm³/mol. The number of sulfone groups is 1. The Morgan fingerprint density at radius 2 is 1.96 bits per heavy atom. The summed E-state index contributed by atoms with van der Waals surface area (Å²) >= 11 is 1.17. The number of aryl methyl sites for hydroxylation is 1. The lowest BCUT2D eigenvalue weighted by Crippen LogP contribution is -2.14. The van der Waals surface area contributed by atoms with Crippen molar-refractivity contribution in [3.63, 3.8) is 0 Å². The summed E-state index contributed by atoms with van der Waals surface area (Å²) in [6.45, 7) is 1.63. The molecule has 0 amide bonds. The maximum absolute atomic E-state index is 12.1. The van der Waals surface area contributed by atoms with Crippen LogP contribution in [0.15, 0.2) is 35.1 Å². The molecule has 2 heterocycles. The summed E-state index contributed by atoms with van der Waals surface area (Å²) in [5.41, 5.74) is 1.20. The second-order valence-corrected chi connectivity index (χ2v) is 8.95. The fourth-order valence-electron chi connectivity index (χ4n) is 2.27. The molecule has 136 valence electrons. The first-order chi connectivity index (χ1) is 12.2. The Morgan fingerprint density at radius 1 is 1.27 bits per heavy atom. The molecule has 1 aromatic carbocycles. The quantitative estimate of drug-likeness (QED) is 0.602. The van der Waals surface area contributed by atoms with Gasteiger partial charge in [-0.25, -0.2) is 18.2 Å². The molecule has 0 aliphatic rings. The van der Waals surface area contributed by atoms with E-state index in [1.807, 2.05) is 0 Å². The highest BCUT2D eigenvalue weighted by molar-refractivity contribution is 7.89. The highest BCUT2D eigenvalue weighted by Crippen LogP contribution is 2.14. The molecule has 0 saturated heterocycles. The van der Waals surface area contributed by atoms with Gasteiger partial charge in [0.25, 0.3) is 5.56 Å². The number of fused-ring (bicyclic) bond motifs is 1. The monoisotopic (exact) mass is 393 g/mol. The van der Waals surface area contributed by atoms with Crippen LogP contribution in [-0.2, 0) is 26.9 Å². The fourth-order valence-corrected chi connectivity index (χ4v) is 3.92. The molecule has 0 fully saturated rings. The van der Waals surface area contributed by atoms with Gasteiger partial charge in [-0.05, 0) is 24.6 Å². The van der Waals surface area contributed by atoms with Crippen molar-refractivity contribution in [2.75, 3.05) is 6.26 Å². The Morgan fingerprint density at radius 3 is 2.62 bits per heavy atom. The van der Waals surface area contributed by atoms with Gasteiger partial charge in [0.05, 0.1) is 11.3 Å². The summed E-state index contributed by atoms with van der Waals surface area (Å²) in [5, 5.41) is 4.54. The average Bonchev–Trinajstić information content (AvgIpc) is 2.95. The number of ether oxygens (including phenoxy) is 1. The number of aromatic nitrogens is 3. The van der Waals surface area contributed by atoms with E-state index < -0.39 is 15.8 Å². The average molecular weight is 393 g/mol. The summed E-state index contributed by atoms with van der Waals surface area (Å²) < 4.78 is 28.9. The molecule has 0 atom stereocenters. The molecule has 10 heteroatoms. The number of carbonyl (C=O) groups excluding carboxylic acids is 1. The smallest absolute Gasteiger partial charge is 0.338 e. The van der Waals surface area contributed by atoms with Gasteiger partial charge >= 0.3 is 5.97 Å². The molecule has 3 rings (SSSR count). The molecular weight excluding hydrogens is 378 g/mol. The molecule has 0 radical (unpaired) electrons. The zero-order valence-electron chi connectivity index (χ0n) is 14.0. The maximum Gasteiger partial charge on any atom is 0.338 e. The number of carbonyl (C=O) groups is 1. The van der Waals surface area contributed by atoms with Crippen LogP contribution in [0, 0.1) is 6.92 Å². The molecule has 0 unspecified atom stereocenters. The van der Waals surface area contributed by atoms with Gasteiger partial charge in [-0.3, -0.25) is 4.79 Å². The summed E-state index contributed by atoms with van der Waals surface area (Å²) in [6, 6.07) is 7.54. The standard InChI is InChI=1S/C16H15N3O5S2/c1-10-7-14(20)19-16(17-10)25-13(18-19)8-24-15(21)12-5-3-11(4-6-12)9-26(2,22)23/h3-7H,8-9H2,1-2H3. The largest absolute Gasteiger partial charge is 0.455 e. The Bertz CT molecular complexity index is 1130. The van der Waals surface area contributed by atoms with E-state index in [9.17, 15) is 18.0 Å². The summed E-state index contributed by atoms with van der Waals surface area (Å²) in [7, 11) is -3.13. The number of hydrogen-bond acceptors (Lipinski definition) is 8. The normalized spacial score (nSPS) is 11.6. The van der Waals surface area contributed by atoms with Gasteiger partial charge in [0.2, 0.25) is 4.96 Å². The lowest BCUT2D eigenvalue weighted by atomic mass is 10.1. The first kappa shape index (κ1) is 18.2. The minimum Gasteiger partial charge on any atom is -0.455 e. The molecular formula is C16H15N3O5S2. The number of esters is 1. The van der Waals surface area contributed by atoms with Crippen LogP contribution >= 0.6 is 11.3 Å². The topological polar surface area (TPSA) is 108 Å². The van der Waals surface area contributed by atoms with Crippen LogP contribution in [0.1, 0.15) is 26.6 Å². The van der Waals surface area contributed by atoms with Gasteiger partial charge in [-0.15, -0.1) is 0 Å². The van der Waals surface area contributed by atoms with Crippen LogP contribution in [-0.4, -0.2) is 35.2 Å². The molecule has 0 aliphatic heterocycles. The van der Waals surface area contributed by atoms with Gasteiger partial charge in [0, 0.05) is 18.0 Å². The van der Waals surface area contributed by atoms with E-state index in [0.717, 1.165) is 6.26 Å². The third-order valence-electron chi connectivity index (χ3n) is 3.36. The molecule has 0 spiro atoms. The van der Waals surface area contributed by atoms with Crippen molar-refractivity contribution in [1.82, 2.24) is 14.6 Å². The Balaban J connectivity index is 1.69. The second-order valence-electron chi connectivity index (χ2n) is 5.77. The molecule has 2 aromatic heterocycles. The Hall–Kier alpha value is -2.59. The van der Waals surface area contributed by atoms with Gasteiger partial charge in [0.15, 0.2) is 14.8 Å².